The smallest absolute Gasteiger partial charge is 0.317 e. The van der Waals surface area contributed by atoms with E-state index in [0.717, 1.165) is 43.5 Å². The van der Waals surface area contributed by atoms with Gasteiger partial charge in [-0.25, -0.2) is 9.18 Å². The predicted octanol–water partition coefficient (Wildman–Crippen LogP) is 4.88. The highest BCUT2D eigenvalue weighted by molar-refractivity contribution is 5.74. The molecule has 2 aliphatic heterocycles. The Morgan fingerprint density at radius 3 is 2.76 bits per heavy atom. The van der Waals surface area contributed by atoms with Crippen LogP contribution < -0.4 is 15.8 Å². The van der Waals surface area contributed by atoms with Gasteiger partial charge in [0, 0.05) is 36.8 Å². The molecule has 1 unspecified atom stereocenters. The average Bonchev–Trinajstić information content (AvgIpc) is 3.45. The third-order valence-corrected chi connectivity index (χ3v) is 7.62. The number of hydrogen-bond donors (Lipinski definition) is 2. The van der Waals surface area contributed by atoms with Gasteiger partial charge >= 0.3 is 6.03 Å². The molecule has 0 radical (unpaired) electrons. The fourth-order valence-electron chi connectivity index (χ4n) is 5.93. The Morgan fingerprint density at radius 1 is 1.26 bits per heavy atom. The van der Waals surface area contributed by atoms with E-state index in [4.69, 9.17) is 4.74 Å². The van der Waals surface area contributed by atoms with E-state index in [1.54, 1.807) is 12.1 Å². The molecule has 5 rings (SSSR count). The van der Waals surface area contributed by atoms with Crippen molar-refractivity contribution in [2.75, 3.05) is 31.3 Å². The lowest BCUT2D eigenvalue weighted by Crippen LogP contribution is -2.49. The molecule has 6 nitrogen and oxygen atoms in total. The van der Waals surface area contributed by atoms with Gasteiger partial charge in [0.25, 0.3) is 0 Å². The van der Waals surface area contributed by atoms with Gasteiger partial charge in [0.05, 0.1) is 24.6 Å². The molecular formula is C27H35FN4O2. The Kier molecular flexibility index (Phi) is 6.63. The third-order valence-electron chi connectivity index (χ3n) is 7.62. The standard InChI is InChI=1S/C27H35FN4O2/c1-3-4-22(30-27(33)31-11-13-34-14-12-31)15-19-5-6-20-16-25-24(18(2)26(19)20)17-29-32(25)23-9-7-21(28)8-10-23/h7-10,16-19,22,29H,3-6,11-15H2,1-2H3,(H,30,33)/t18-,19+,22?/m0/s1. The lowest BCUT2D eigenvalue weighted by molar-refractivity contribution is 0.0522. The molecule has 0 bridgehead atoms. The molecular weight excluding hydrogens is 431 g/mol. The quantitative estimate of drug-likeness (QED) is 0.628. The Morgan fingerprint density at radius 2 is 2.03 bits per heavy atom. The van der Waals surface area contributed by atoms with E-state index in [2.05, 4.69) is 36.9 Å². The molecule has 0 saturated carbocycles. The van der Waals surface area contributed by atoms with E-state index in [-0.39, 0.29) is 17.9 Å². The molecule has 2 aliphatic carbocycles. The minimum absolute atomic E-state index is 0.0467. The van der Waals surface area contributed by atoms with Crippen molar-refractivity contribution in [2.24, 2.45) is 11.8 Å². The number of urea groups is 1. The highest BCUT2D eigenvalue weighted by atomic mass is 19.1. The first kappa shape index (κ1) is 23.0. The van der Waals surface area contributed by atoms with Gasteiger partial charge in [-0.3, -0.25) is 5.01 Å². The largest absolute Gasteiger partial charge is 0.378 e. The summed E-state index contributed by atoms with van der Waals surface area (Å²) in [4.78, 5) is 14.7. The number of morpholine rings is 1. The van der Waals surface area contributed by atoms with Crippen molar-refractivity contribution in [1.29, 1.82) is 0 Å². The molecule has 3 atom stereocenters. The number of halogens is 1. The summed E-state index contributed by atoms with van der Waals surface area (Å²) >= 11 is 0. The SMILES string of the molecule is CCCC(C[C@H]1CCC2=C1[C@@H](C)C1=CNN(c3ccc(F)cc3)C1=C2)NC(=O)N1CCOCC1. The number of nitrogens with zero attached hydrogens (tertiary/aromatic N) is 2. The van der Waals surface area contributed by atoms with Crippen LogP contribution in [0, 0.1) is 17.7 Å². The summed E-state index contributed by atoms with van der Waals surface area (Å²) in [7, 11) is 0. The third kappa shape index (κ3) is 4.45. The van der Waals surface area contributed by atoms with E-state index < -0.39 is 0 Å². The lowest BCUT2D eigenvalue weighted by atomic mass is 9.78. The summed E-state index contributed by atoms with van der Waals surface area (Å²) in [6.07, 6.45) is 9.62. The lowest BCUT2D eigenvalue weighted by Gasteiger charge is -2.32. The van der Waals surface area contributed by atoms with Crippen molar-refractivity contribution >= 4 is 11.7 Å². The van der Waals surface area contributed by atoms with Crippen LogP contribution in [0.1, 0.15) is 46.0 Å². The number of amides is 2. The molecule has 2 amide bonds. The van der Waals surface area contributed by atoms with Crippen molar-refractivity contribution in [3.63, 3.8) is 0 Å². The van der Waals surface area contributed by atoms with Gasteiger partial charge in [0.1, 0.15) is 5.82 Å². The molecule has 1 aromatic carbocycles. The van der Waals surface area contributed by atoms with Crippen LogP contribution in [0.25, 0.3) is 0 Å². The Labute approximate surface area is 201 Å². The van der Waals surface area contributed by atoms with E-state index >= 15 is 0 Å². The van der Waals surface area contributed by atoms with Crippen LogP contribution in [-0.4, -0.2) is 43.3 Å². The van der Waals surface area contributed by atoms with E-state index in [1.807, 2.05) is 9.91 Å². The number of carbonyl (C=O) groups is 1. The van der Waals surface area contributed by atoms with Gasteiger partial charge in [-0.1, -0.05) is 25.8 Å². The van der Waals surface area contributed by atoms with Crippen molar-refractivity contribution in [3.8, 4) is 0 Å². The second-order valence-corrected chi connectivity index (χ2v) is 9.78. The summed E-state index contributed by atoms with van der Waals surface area (Å²) in [5, 5.41) is 5.38. The molecule has 1 saturated heterocycles. The maximum Gasteiger partial charge on any atom is 0.317 e. The van der Waals surface area contributed by atoms with Gasteiger partial charge in [0.2, 0.25) is 0 Å². The molecule has 0 aromatic heterocycles. The molecule has 7 heteroatoms. The average molecular weight is 467 g/mol. The van der Waals surface area contributed by atoms with Gasteiger partial charge in [0.15, 0.2) is 0 Å². The molecule has 0 spiro atoms. The summed E-state index contributed by atoms with van der Waals surface area (Å²) in [6, 6.07) is 6.83. The van der Waals surface area contributed by atoms with Crippen LogP contribution in [0.2, 0.25) is 0 Å². The highest BCUT2D eigenvalue weighted by Gasteiger charge is 2.38. The number of ether oxygens (including phenoxy) is 1. The number of allylic oxidation sites excluding steroid dienone is 4. The van der Waals surface area contributed by atoms with Gasteiger partial charge in [-0.2, -0.15) is 0 Å². The zero-order chi connectivity index (χ0) is 23.7. The number of benzene rings is 1. The molecule has 2 N–H and O–H groups in total. The van der Waals surface area contributed by atoms with Crippen LogP contribution in [0.3, 0.4) is 0 Å². The maximum absolute atomic E-state index is 13.4. The van der Waals surface area contributed by atoms with E-state index in [1.165, 1.54) is 28.9 Å². The Balaban J connectivity index is 1.32. The minimum atomic E-state index is -0.229. The second kappa shape index (κ2) is 9.82. The van der Waals surface area contributed by atoms with Crippen molar-refractivity contribution in [3.05, 3.63) is 64.8 Å². The van der Waals surface area contributed by atoms with Crippen LogP contribution in [0.15, 0.2) is 59.0 Å². The minimum Gasteiger partial charge on any atom is -0.378 e. The molecule has 2 heterocycles. The topological polar surface area (TPSA) is 56.8 Å². The number of nitrogens with one attached hydrogen (secondary N) is 2. The van der Waals surface area contributed by atoms with Crippen LogP contribution >= 0.6 is 0 Å². The fraction of sp³-hybridized carbons (Fsp3) is 0.519. The number of carbonyl (C=O) groups excluding carboxylic acids is 1. The summed E-state index contributed by atoms with van der Waals surface area (Å²) in [5.41, 5.74) is 9.69. The highest BCUT2D eigenvalue weighted by Crippen LogP contribution is 2.49. The first-order valence-electron chi connectivity index (χ1n) is 12.6. The monoisotopic (exact) mass is 466 g/mol. The van der Waals surface area contributed by atoms with Crippen molar-refractivity contribution < 1.29 is 13.9 Å². The Hall–Kier alpha value is -2.80. The Bertz CT molecular complexity index is 1010. The number of hydrazine groups is 1. The molecule has 1 aromatic rings. The predicted molar refractivity (Wildman–Crippen MR) is 131 cm³/mol. The molecule has 4 aliphatic rings. The van der Waals surface area contributed by atoms with Crippen LogP contribution in [0.4, 0.5) is 14.9 Å². The molecule has 182 valence electrons. The normalized spacial score (nSPS) is 24.8. The van der Waals surface area contributed by atoms with Gasteiger partial charge < -0.3 is 20.4 Å². The second-order valence-electron chi connectivity index (χ2n) is 9.78. The number of fused-ring (bicyclic) bond motifs is 1. The zero-order valence-electron chi connectivity index (χ0n) is 20.1. The van der Waals surface area contributed by atoms with Gasteiger partial charge in [-0.05, 0) is 67.5 Å². The van der Waals surface area contributed by atoms with Gasteiger partial charge in [-0.15, -0.1) is 0 Å². The number of anilines is 1. The van der Waals surface area contributed by atoms with Crippen LogP contribution in [0.5, 0.6) is 0 Å². The number of hydrogen-bond acceptors (Lipinski definition) is 4. The van der Waals surface area contributed by atoms with Crippen LogP contribution in [-0.2, 0) is 4.74 Å². The summed E-state index contributed by atoms with van der Waals surface area (Å²) in [5.74, 6) is 0.566. The van der Waals surface area contributed by atoms with Crippen molar-refractivity contribution in [2.45, 2.75) is 52.0 Å². The first-order chi connectivity index (χ1) is 16.5. The summed E-state index contributed by atoms with van der Waals surface area (Å²) < 4.78 is 18.8. The zero-order valence-corrected chi connectivity index (χ0v) is 20.1. The molecule has 34 heavy (non-hydrogen) atoms. The molecule has 1 fully saturated rings. The first-order valence-corrected chi connectivity index (χ1v) is 12.6. The number of rotatable bonds is 6. The van der Waals surface area contributed by atoms with E-state index in [0.29, 0.717) is 38.1 Å². The van der Waals surface area contributed by atoms with E-state index in [9.17, 15) is 9.18 Å². The maximum atomic E-state index is 13.4. The summed E-state index contributed by atoms with van der Waals surface area (Å²) in [6.45, 7) is 7.05. The van der Waals surface area contributed by atoms with Crippen molar-refractivity contribution in [1.82, 2.24) is 15.6 Å². The fourth-order valence-corrected chi connectivity index (χ4v) is 5.93.